The van der Waals surface area contributed by atoms with Gasteiger partial charge < -0.3 is 15.0 Å². The van der Waals surface area contributed by atoms with Gasteiger partial charge in [0.1, 0.15) is 18.3 Å². The minimum atomic E-state index is -4.18. The van der Waals surface area contributed by atoms with Gasteiger partial charge in [0.05, 0.1) is 17.7 Å². The predicted molar refractivity (Wildman–Crippen MR) is 162 cm³/mol. The van der Waals surface area contributed by atoms with Gasteiger partial charge in [0.25, 0.3) is 10.0 Å². The molecule has 8 nitrogen and oxygen atoms in total. The van der Waals surface area contributed by atoms with Crippen molar-refractivity contribution in [1.82, 2.24) is 10.2 Å². The number of unbranched alkanes of at least 4 members (excludes halogenated alkanes) is 1. The fraction of sp³-hybridized carbons (Fsp3) is 0.375. The summed E-state index contributed by atoms with van der Waals surface area (Å²) in [5.41, 5.74) is 2.91. The Bertz CT molecular complexity index is 1430. The highest BCUT2D eigenvalue weighted by Crippen LogP contribution is 2.33. The van der Waals surface area contributed by atoms with Crippen molar-refractivity contribution in [2.45, 2.75) is 64.4 Å². The van der Waals surface area contributed by atoms with Crippen LogP contribution in [0.1, 0.15) is 49.8 Å². The molecule has 1 atom stereocenters. The zero-order chi connectivity index (χ0) is 30.0. The number of rotatable bonds is 14. The number of amides is 2. The molecule has 3 aromatic carbocycles. The quantitative estimate of drug-likeness (QED) is 0.264. The minimum absolute atomic E-state index is 0.0474. The van der Waals surface area contributed by atoms with Gasteiger partial charge in [-0.25, -0.2) is 8.42 Å². The lowest BCUT2D eigenvalue weighted by atomic mass is 10.1. The maximum Gasteiger partial charge on any atom is 0.264 e. The molecule has 0 aromatic heterocycles. The second-order valence-corrected chi connectivity index (χ2v) is 11.9. The van der Waals surface area contributed by atoms with E-state index in [0.29, 0.717) is 18.7 Å². The van der Waals surface area contributed by atoms with Gasteiger partial charge in [-0.15, -0.1) is 0 Å². The Labute approximate surface area is 244 Å². The molecule has 41 heavy (non-hydrogen) atoms. The first-order chi connectivity index (χ1) is 19.6. The van der Waals surface area contributed by atoms with Crippen molar-refractivity contribution in [2.75, 3.05) is 24.5 Å². The molecule has 0 saturated heterocycles. The molecule has 220 valence electrons. The molecule has 0 aliphatic heterocycles. The first-order valence-corrected chi connectivity index (χ1v) is 15.4. The summed E-state index contributed by atoms with van der Waals surface area (Å²) in [6, 6.07) is 20.1. The molecule has 2 amide bonds. The van der Waals surface area contributed by atoms with E-state index in [9.17, 15) is 18.0 Å². The lowest BCUT2D eigenvalue weighted by Gasteiger charge is -2.34. The zero-order valence-corrected chi connectivity index (χ0v) is 25.4. The third-order valence-electron chi connectivity index (χ3n) is 7.03. The van der Waals surface area contributed by atoms with Crippen molar-refractivity contribution in [3.63, 3.8) is 0 Å². The van der Waals surface area contributed by atoms with E-state index in [-0.39, 0.29) is 23.0 Å². The van der Waals surface area contributed by atoms with Crippen LogP contribution in [0.5, 0.6) is 5.75 Å². The Morgan fingerprint density at radius 1 is 0.951 bits per heavy atom. The maximum absolute atomic E-state index is 14.2. The number of sulfonamides is 1. The third kappa shape index (κ3) is 7.88. The second kappa shape index (κ2) is 14.7. The predicted octanol–water partition coefficient (Wildman–Crippen LogP) is 5.23. The molecule has 0 unspecified atom stereocenters. The molecule has 3 aromatic rings. The fourth-order valence-corrected chi connectivity index (χ4v) is 6.06. The highest BCUT2D eigenvalue weighted by Gasteiger charge is 2.34. The van der Waals surface area contributed by atoms with Gasteiger partial charge in [-0.3, -0.25) is 13.9 Å². The van der Waals surface area contributed by atoms with Crippen molar-refractivity contribution in [2.24, 2.45) is 0 Å². The number of carbonyl (C=O) groups is 2. The number of benzene rings is 3. The Balaban J connectivity index is 2.10. The van der Waals surface area contributed by atoms with Crippen LogP contribution in [0.25, 0.3) is 0 Å². The normalized spacial score (nSPS) is 11.9. The SMILES string of the molecule is CCCCNC(=O)[C@H](CC)N(Cc1ccccc1C)C(=O)CN(c1cc(C)ccc1OC)S(=O)(=O)c1ccccc1. The van der Waals surface area contributed by atoms with Crippen molar-refractivity contribution in [1.29, 1.82) is 0 Å². The molecular formula is C32H41N3O5S. The third-order valence-corrected chi connectivity index (χ3v) is 8.80. The van der Waals surface area contributed by atoms with Crippen LogP contribution in [0.15, 0.2) is 77.7 Å². The number of anilines is 1. The lowest BCUT2D eigenvalue weighted by Crippen LogP contribution is -2.52. The summed E-state index contributed by atoms with van der Waals surface area (Å²) in [7, 11) is -2.72. The number of hydrogen-bond acceptors (Lipinski definition) is 5. The largest absolute Gasteiger partial charge is 0.495 e. The standard InChI is InChI=1S/C32H41N3O5S/c1-6-8-20-33-32(37)28(7-2)34(22-26-15-13-12-14-25(26)4)31(36)23-35(29-21-24(3)18-19-30(29)40-5)41(38,39)27-16-10-9-11-17-27/h9-19,21,28H,6-8,20,22-23H2,1-5H3,(H,33,37)/t28-/m0/s1. The summed E-state index contributed by atoms with van der Waals surface area (Å²) in [6.07, 6.45) is 2.12. The molecule has 0 aliphatic rings. The van der Waals surface area contributed by atoms with Gasteiger partial charge >= 0.3 is 0 Å². The molecule has 0 radical (unpaired) electrons. The molecule has 9 heteroatoms. The number of nitrogens with one attached hydrogen (secondary N) is 1. The molecular weight excluding hydrogens is 538 g/mol. The molecule has 1 N–H and O–H groups in total. The molecule has 0 aliphatic carbocycles. The van der Waals surface area contributed by atoms with Crippen LogP contribution in [0, 0.1) is 13.8 Å². The molecule has 0 heterocycles. The van der Waals surface area contributed by atoms with Crippen LogP contribution in [-0.4, -0.2) is 51.4 Å². The summed E-state index contributed by atoms with van der Waals surface area (Å²) in [5.74, 6) is -0.431. The topological polar surface area (TPSA) is 96.0 Å². The van der Waals surface area contributed by atoms with Crippen molar-refractivity contribution < 1.29 is 22.7 Å². The van der Waals surface area contributed by atoms with E-state index in [1.807, 2.05) is 58.0 Å². The van der Waals surface area contributed by atoms with E-state index < -0.39 is 28.5 Å². The van der Waals surface area contributed by atoms with E-state index in [1.54, 1.807) is 30.3 Å². The van der Waals surface area contributed by atoms with Crippen LogP contribution in [0.2, 0.25) is 0 Å². The maximum atomic E-state index is 14.2. The molecule has 0 bridgehead atoms. The molecule has 0 spiro atoms. The molecule has 0 saturated carbocycles. The monoisotopic (exact) mass is 579 g/mol. The number of hydrogen-bond donors (Lipinski definition) is 1. The van der Waals surface area contributed by atoms with Crippen molar-refractivity contribution >= 4 is 27.5 Å². The van der Waals surface area contributed by atoms with E-state index in [4.69, 9.17) is 4.74 Å². The van der Waals surface area contributed by atoms with Crippen molar-refractivity contribution in [3.8, 4) is 5.75 Å². The minimum Gasteiger partial charge on any atom is -0.495 e. The average molecular weight is 580 g/mol. The summed E-state index contributed by atoms with van der Waals surface area (Å²) in [4.78, 5) is 29.1. The molecule has 0 fully saturated rings. The number of carbonyl (C=O) groups excluding carboxylic acids is 2. The first-order valence-electron chi connectivity index (χ1n) is 14.0. The Morgan fingerprint density at radius 3 is 2.27 bits per heavy atom. The van der Waals surface area contributed by atoms with Crippen LogP contribution in [-0.2, 0) is 26.2 Å². The van der Waals surface area contributed by atoms with Crippen LogP contribution in [0.3, 0.4) is 0 Å². The van der Waals surface area contributed by atoms with E-state index >= 15 is 0 Å². The number of nitrogens with zero attached hydrogens (tertiary/aromatic N) is 2. The summed E-state index contributed by atoms with van der Waals surface area (Å²) in [5, 5.41) is 2.95. The van der Waals surface area contributed by atoms with Crippen molar-refractivity contribution in [3.05, 3.63) is 89.5 Å². The first kappa shape index (κ1) is 31.7. The Morgan fingerprint density at radius 2 is 1.63 bits per heavy atom. The smallest absolute Gasteiger partial charge is 0.264 e. The van der Waals surface area contributed by atoms with E-state index in [0.717, 1.165) is 33.8 Å². The number of ether oxygens (including phenoxy) is 1. The Kier molecular flexibility index (Phi) is 11.3. The molecule has 3 rings (SSSR count). The van der Waals surface area contributed by atoms with Crippen LogP contribution < -0.4 is 14.4 Å². The van der Waals surface area contributed by atoms with Gasteiger partial charge in [-0.05, 0) is 67.6 Å². The van der Waals surface area contributed by atoms with Gasteiger partial charge in [-0.1, -0.05) is 68.8 Å². The second-order valence-electron chi connectivity index (χ2n) is 10.0. The van der Waals surface area contributed by atoms with Gasteiger partial charge in [0.15, 0.2) is 0 Å². The van der Waals surface area contributed by atoms with E-state index in [1.165, 1.54) is 24.1 Å². The number of methoxy groups -OCH3 is 1. The summed E-state index contributed by atoms with van der Waals surface area (Å²) in [6.45, 7) is 7.84. The lowest BCUT2D eigenvalue weighted by molar-refractivity contribution is -0.140. The van der Waals surface area contributed by atoms with Gasteiger partial charge in [0, 0.05) is 13.1 Å². The Hall–Kier alpha value is -3.85. The van der Waals surface area contributed by atoms with E-state index in [2.05, 4.69) is 5.32 Å². The average Bonchev–Trinajstić information content (AvgIpc) is 2.97. The van der Waals surface area contributed by atoms with Crippen LogP contribution in [0.4, 0.5) is 5.69 Å². The highest BCUT2D eigenvalue weighted by atomic mass is 32.2. The fourth-order valence-electron chi connectivity index (χ4n) is 4.62. The number of aryl methyl sites for hydroxylation is 2. The summed E-state index contributed by atoms with van der Waals surface area (Å²) < 4.78 is 34.7. The van der Waals surface area contributed by atoms with Gasteiger partial charge in [0.2, 0.25) is 11.8 Å². The van der Waals surface area contributed by atoms with Crippen LogP contribution >= 0.6 is 0 Å². The van der Waals surface area contributed by atoms with Gasteiger partial charge in [-0.2, -0.15) is 0 Å². The summed E-state index contributed by atoms with van der Waals surface area (Å²) >= 11 is 0. The highest BCUT2D eigenvalue weighted by molar-refractivity contribution is 7.92. The zero-order valence-electron chi connectivity index (χ0n) is 24.6.